The number of anilines is 2. The lowest BCUT2D eigenvalue weighted by Gasteiger charge is -2.05. The number of para-hydroxylation sites is 4. The molecule has 0 heterocycles. The Kier molecular flexibility index (Phi) is 6.41. The molecule has 0 aliphatic rings. The van der Waals surface area contributed by atoms with Crippen LogP contribution >= 0.6 is 0 Å². The highest BCUT2D eigenvalue weighted by atomic mass is 16.6. The molecule has 2 N–H and O–H groups in total. The summed E-state index contributed by atoms with van der Waals surface area (Å²) in [6.45, 7) is 0. The molecule has 150 valence electrons. The van der Waals surface area contributed by atoms with Gasteiger partial charge in [-0.25, -0.2) is 0 Å². The predicted molar refractivity (Wildman–Crippen MR) is 115 cm³/mol. The highest BCUT2D eigenvalue weighted by Crippen LogP contribution is 2.24. The van der Waals surface area contributed by atoms with Gasteiger partial charge < -0.3 is 0 Å². The summed E-state index contributed by atoms with van der Waals surface area (Å²) in [5.41, 5.74) is 6.57. The first kappa shape index (κ1) is 20.1. The lowest BCUT2D eigenvalue weighted by atomic mass is 10.1. The average Bonchev–Trinajstić information content (AvgIpc) is 2.77. The van der Waals surface area contributed by atoms with E-state index in [-0.39, 0.29) is 22.7 Å². The average molecular weight is 404 g/mol. The Labute approximate surface area is 170 Å². The number of nitrogens with zero attached hydrogens (tertiary/aromatic N) is 4. The zero-order valence-electron chi connectivity index (χ0n) is 15.5. The maximum absolute atomic E-state index is 11.2. The van der Waals surface area contributed by atoms with Gasteiger partial charge in [-0.2, -0.15) is 10.2 Å². The van der Waals surface area contributed by atoms with E-state index in [4.69, 9.17) is 0 Å². The molecule has 0 bridgehead atoms. The van der Waals surface area contributed by atoms with Crippen LogP contribution in [-0.2, 0) is 0 Å². The van der Waals surface area contributed by atoms with E-state index < -0.39 is 9.85 Å². The second kappa shape index (κ2) is 9.55. The molecule has 0 amide bonds. The Balaban J connectivity index is 1.88. The third-order valence-corrected chi connectivity index (χ3v) is 3.94. The van der Waals surface area contributed by atoms with Crippen LogP contribution in [-0.4, -0.2) is 21.8 Å². The van der Waals surface area contributed by atoms with Crippen molar-refractivity contribution in [2.75, 3.05) is 10.9 Å². The summed E-state index contributed by atoms with van der Waals surface area (Å²) < 4.78 is 0. The summed E-state index contributed by atoms with van der Waals surface area (Å²) in [4.78, 5) is 21.3. The van der Waals surface area contributed by atoms with Crippen molar-refractivity contribution in [2.24, 2.45) is 10.2 Å². The molecule has 0 radical (unpaired) electrons. The number of hydrogen-bond acceptors (Lipinski definition) is 8. The van der Waals surface area contributed by atoms with Crippen LogP contribution < -0.4 is 10.9 Å². The van der Waals surface area contributed by atoms with Crippen LogP contribution in [0.5, 0.6) is 0 Å². The third-order valence-electron chi connectivity index (χ3n) is 3.94. The Hall–Kier alpha value is -4.60. The molecule has 0 aliphatic carbocycles. The Morgan fingerprint density at radius 1 is 0.733 bits per heavy atom. The van der Waals surface area contributed by atoms with Crippen LogP contribution in [0.25, 0.3) is 0 Å². The van der Waals surface area contributed by atoms with Crippen molar-refractivity contribution in [3.8, 4) is 0 Å². The van der Waals surface area contributed by atoms with Gasteiger partial charge in [-0.1, -0.05) is 54.6 Å². The van der Waals surface area contributed by atoms with Crippen molar-refractivity contribution in [2.45, 2.75) is 0 Å². The van der Waals surface area contributed by atoms with E-state index in [1.54, 1.807) is 48.5 Å². The number of nitrogens with one attached hydrogen (secondary N) is 2. The molecule has 3 aromatic carbocycles. The van der Waals surface area contributed by atoms with Gasteiger partial charge in [-0.15, -0.1) is 0 Å². The molecule has 0 aliphatic heterocycles. The van der Waals surface area contributed by atoms with Crippen LogP contribution in [0.1, 0.15) is 5.56 Å². The summed E-state index contributed by atoms with van der Waals surface area (Å²) in [5, 5.41) is 30.6. The van der Waals surface area contributed by atoms with Gasteiger partial charge in [0, 0.05) is 17.7 Å². The second-order valence-corrected chi connectivity index (χ2v) is 5.89. The van der Waals surface area contributed by atoms with Gasteiger partial charge in [0.1, 0.15) is 17.1 Å². The molecule has 0 saturated carbocycles. The molecule has 3 aromatic rings. The summed E-state index contributed by atoms with van der Waals surface area (Å²) in [5.74, 6) is 0. The van der Waals surface area contributed by atoms with E-state index in [1.165, 1.54) is 30.5 Å². The van der Waals surface area contributed by atoms with Crippen LogP contribution in [0.3, 0.4) is 0 Å². The molecule has 0 spiro atoms. The third kappa shape index (κ3) is 5.01. The molecule has 0 unspecified atom stereocenters. The topological polar surface area (TPSA) is 135 Å². The largest absolute Gasteiger partial charge is 0.294 e. The van der Waals surface area contributed by atoms with Gasteiger partial charge in [0.2, 0.25) is 0 Å². The minimum Gasteiger partial charge on any atom is -0.272 e. The van der Waals surface area contributed by atoms with Crippen LogP contribution in [0, 0.1) is 20.2 Å². The second-order valence-electron chi connectivity index (χ2n) is 5.89. The minimum absolute atomic E-state index is 0.120. The summed E-state index contributed by atoms with van der Waals surface area (Å²) in [6.07, 6.45) is 1.37. The molecule has 10 nitrogen and oxygen atoms in total. The predicted octanol–water partition coefficient (Wildman–Crippen LogP) is 4.42. The van der Waals surface area contributed by atoms with Gasteiger partial charge in [0.25, 0.3) is 11.4 Å². The van der Waals surface area contributed by atoms with Crippen molar-refractivity contribution in [1.82, 2.24) is 0 Å². The first-order valence-corrected chi connectivity index (χ1v) is 8.71. The Morgan fingerprint density at radius 3 is 1.80 bits per heavy atom. The molecular formula is C20H16N6O4. The number of hydrazone groups is 2. The fourth-order valence-corrected chi connectivity index (χ4v) is 2.52. The Bertz CT molecular complexity index is 1120. The number of rotatable bonds is 8. The van der Waals surface area contributed by atoms with E-state index >= 15 is 0 Å². The van der Waals surface area contributed by atoms with Crippen molar-refractivity contribution in [3.05, 3.63) is 105 Å². The van der Waals surface area contributed by atoms with Crippen molar-refractivity contribution < 1.29 is 9.85 Å². The van der Waals surface area contributed by atoms with Gasteiger partial charge in [-0.05, 0) is 12.1 Å². The number of nitro groups is 2. The van der Waals surface area contributed by atoms with Crippen LogP contribution in [0.4, 0.5) is 22.7 Å². The lowest BCUT2D eigenvalue weighted by molar-refractivity contribution is -0.384. The standard InChI is InChI=1S/C20H16N6O4/c27-25(28)19-12-6-4-10-16(19)22-21-14-18(15-8-2-1-3-9-15)24-23-17-11-5-7-13-20(17)26(29)30/h1-14,22-23H/b21-14+,24-18+. The quantitative estimate of drug-likeness (QED) is 0.324. The first-order chi connectivity index (χ1) is 14.6. The van der Waals surface area contributed by atoms with Gasteiger partial charge in [0.05, 0.1) is 16.1 Å². The molecule has 30 heavy (non-hydrogen) atoms. The van der Waals surface area contributed by atoms with E-state index in [9.17, 15) is 20.2 Å². The first-order valence-electron chi connectivity index (χ1n) is 8.71. The highest BCUT2D eigenvalue weighted by Gasteiger charge is 2.13. The van der Waals surface area contributed by atoms with Gasteiger partial charge >= 0.3 is 0 Å². The molecule has 0 fully saturated rings. The van der Waals surface area contributed by atoms with Crippen molar-refractivity contribution in [1.29, 1.82) is 0 Å². The molecule has 10 heteroatoms. The minimum atomic E-state index is -0.514. The fraction of sp³-hybridized carbons (Fsp3) is 0. The number of hydrogen-bond donors (Lipinski definition) is 2. The summed E-state index contributed by atoms with van der Waals surface area (Å²) in [7, 11) is 0. The smallest absolute Gasteiger partial charge is 0.272 e. The zero-order valence-corrected chi connectivity index (χ0v) is 15.5. The molecule has 0 saturated heterocycles. The lowest BCUT2D eigenvalue weighted by Crippen LogP contribution is -2.08. The highest BCUT2D eigenvalue weighted by molar-refractivity contribution is 6.38. The number of benzene rings is 3. The van der Waals surface area contributed by atoms with Gasteiger partial charge in [-0.3, -0.25) is 31.1 Å². The fourth-order valence-electron chi connectivity index (χ4n) is 2.52. The van der Waals surface area contributed by atoms with E-state index in [2.05, 4.69) is 21.1 Å². The van der Waals surface area contributed by atoms with E-state index in [1.807, 2.05) is 6.07 Å². The van der Waals surface area contributed by atoms with Crippen molar-refractivity contribution in [3.63, 3.8) is 0 Å². The number of nitro benzene ring substituents is 2. The Morgan fingerprint density at radius 2 is 1.23 bits per heavy atom. The van der Waals surface area contributed by atoms with Crippen molar-refractivity contribution >= 4 is 34.7 Å². The SMILES string of the molecule is O=[N+]([O-])c1ccccc1N/N=C(\C=N\Nc1ccccc1[N+](=O)[O-])c1ccccc1. The van der Waals surface area contributed by atoms with E-state index in [0.29, 0.717) is 11.3 Å². The molecule has 0 aromatic heterocycles. The van der Waals surface area contributed by atoms with E-state index in [0.717, 1.165) is 0 Å². The molecular weight excluding hydrogens is 388 g/mol. The van der Waals surface area contributed by atoms with Crippen LogP contribution in [0.15, 0.2) is 89.1 Å². The zero-order chi connectivity index (χ0) is 21.3. The maximum Gasteiger partial charge on any atom is 0.294 e. The normalized spacial score (nSPS) is 11.3. The monoisotopic (exact) mass is 404 g/mol. The summed E-state index contributed by atoms with van der Waals surface area (Å²) >= 11 is 0. The van der Waals surface area contributed by atoms with Gasteiger partial charge in [0.15, 0.2) is 0 Å². The maximum atomic E-state index is 11.2. The molecule has 0 atom stereocenters. The van der Waals surface area contributed by atoms with Crippen LogP contribution in [0.2, 0.25) is 0 Å². The molecule has 3 rings (SSSR count). The summed E-state index contributed by atoms with van der Waals surface area (Å²) in [6, 6.07) is 21.2.